The second-order valence-corrected chi connectivity index (χ2v) is 7.04. The van der Waals surface area contributed by atoms with E-state index in [1.807, 2.05) is 42.6 Å². The quantitative estimate of drug-likeness (QED) is 0.697. The summed E-state index contributed by atoms with van der Waals surface area (Å²) in [7, 11) is 3.76. The maximum absolute atomic E-state index is 5.74. The van der Waals surface area contributed by atoms with Gasteiger partial charge in [-0.05, 0) is 55.5 Å². The van der Waals surface area contributed by atoms with Gasteiger partial charge in [0.1, 0.15) is 11.8 Å². The fourth-order valence-corrected chi connectivity index (χ4v) is 3.97. The third-order valence-electron chi connectivity index (χ3n) is 5.14. The van der Waals surface area contributed by atoms with E-state index in [1.165, 1.54) is 11.4 Å². The SMILES string of the molecule is COc1cccc(N2C(=S)NC(c3ccccn3)C2c2ccc(C)n2C)c1. The summed E-state index contributed by atoms with van der Waals surface area (Å²) in [4.78, 5) is 6.75. The van der Waals surface area contributed by atoms with Gasteiger partial charge >= 0.3 is 0 Å². The predicted molar refractivity (Wildman–Crippen MR) is 111 cm³/mol. The molecule has 1 N–H and O–H groups in total. The number of aromatic nitrogens is 2. The molecule has 3 heterocycles. The molecule has 6 heteroatoms. The van der Waals surface area contributed by atoms with Gasteiger partial charge in [-0.1, -0.05) is 12.1 Å². The number of pyridine rings is 1. The smallest absolute Gasteiger partial charge is 0.174 e. The van der Waals surface area contributed by atoms with E-state index in [0.717, 1.165) is 17.1 Å². The van der Waals surface area contributed by atoms with Crippen LogP contribution in [-0.4, -0.2) is 21.8 Å². The minimum Gasteiger partial charge on any atom is -0.497 e. The molecule has 27 heavy (non-hydrogen) atoms. The number of hydrogen-bond donors (Lipinski definition) is 1. The minimum atomic E-state index is -0.0436. The van der Waals surface area contributed by atoms with E-state index in [0.29, 0.717) is 5.11 Å². The molecule has 2 unspecified atom stereocenters. The molecule has 0 radical (unpaired) electrons. The van der Waals surface area contributed by atoms with Gasteiger partial charge in [-0.15, -0.1) is 0 Å². The van der Waals surface area contributed by atoms with Crippen LogP contribution in [0.1, 0.15) is 29.2 Å². The second kappa shape index (κ2) is 7.04. The molecular weight excluding hydrogens is 356 g/mol. The Bertz CT molecular complexity index is 969. The van der Waals surface area contributed by atoms with Crippen molar-refractivity contribution in [1.29, 1.82) is 0 Å². The van der Waals surface area contributed by atoms with Crippen LogP contribution in [0, 0.1) is 6.92 Å². The molecule has 1 fully saturated rings. The minimum absolute atomic E-state index is 0.0155. The van der Waals surface area contributed by atoms with Crippen molar-refractivity contribution in [3.8, 4) is 5.75 Å². The van der Waals surface area contributed by atoms with Crippen LogP contribution < -0.4 is 15.0 Å². The number of nitrogens with one attached hydrogen (secondary N) is 1. The molecule has 0 amide bonds. The first-order valence-electron chi connectivity index (χ1n) is 8.87. The van der Waals surface area contributed by atoms with E-state index >= 15 is 0 Å². The number of nitrogens with zero attached hydrogens (tertiary/aromatic N) is 3. The van der Waals surface area contributed by atoms with Crippen molar-refractivity contribution in [2.24, 2.45) is 7.05 Å². The largest absolute Gasteiger partial charge is 0.497 e. The third kappa shape index (κ3) is 3.06. The van der Waals surface area contributed by atoms with Crippen LogP contribution in [0.3, 0.4) is 0 Å². The Morgan fingerprint density at radius 2 is 1.96 bits per heavy atom. The molecule has 0 aliphatic carbocycles. The molecule has 0 spiro atoms. The standard InChI is InChI=1S/C21H22N4OS/c1-14-10-11-18(24(14)2)20-19(17-9-4-5-12-22-17)23-21(27)25(20)15-7-6-8-16(13-15)26-3/h4-13,19-20H,1-3H3,(H,23,27). The van der Waals surface area contributed by atoms with Crippen LogP contribution in [0.15, 0.2) is 60.8 Å². The van der Waals surface area contributed by atoms with Crippen molar-refractivity contribution in [1.82, 2.24) is 14.9 Å². The lowest BCUT2D eigenvalue weighted by molar-refractivity contribution is 0.414. The first-order valence-corrected chi connectivity index (χ1v) is 9.28. The van der Waals surface area contributed by atoms with E-state index in [2.05, 4.69) is 51.9 Å². The lowest BCUT2D eigenvalue weighted by Crippen LogP contribution is -2.30. The number of thiocarbonyl (C=S) groups is 1. The molecule has 1 aliphatic rings. The van der Waals surface area contributed by atoms with E-state index < -0.39 is 0 Å². The summed E-state index contributed by atoms with van der Waals surface area (Å²) >= 11 is 5.74. The summed E-state index contributed by atoms with van der Waals surface area (Å²) in [5.74, 6) is 0.804. The molecule has 1 saturated heterocycles. The van der Waals surface area contributed by atoms with E-state index in [9.17, 15) is 0 Å². The van der Waals surface area contributed by atoms with Crippen LogP contribution in [-0.2, 0) is 7.05 Å². The monoisotopic (exact) mass is 378 g/mol. The first-order chi connectivity index (χ1) is 13.1. The van der Waals surface area contributed by atoms with Crippen molar-refractivity contribution in [3.05, 3.63) is 77.9 Å². The van der Waals surface area contributed by atoms with E-state index in [1.54, 1.807) is 7.11 Å². The molecule has 1 aliphatic heterocycles. The van der Waals surface area contributed by atoms with Gasteiger partial charge in [0.25, 0.3) is 0 Å². The zero-order valence-corrected chi connectivity index (χ0v) is 16.4. The lowest BCUT2D eigenvalue weighted by atomic mass is 10.0. The van der Waals surface area contributed by atoms with Gasteiger partial charge in [-0.3, -0.25) is 4.98 Å². The van der Waals surface area contributed by atoms with Gasteiger partial charge in [0.05, 0.1) is 18.8 Å². The fourth-order valence-electron chi connectivity index (χ4n) is 3.62. The number of methoxy groups -OCH3 is 1. The van der Waals surface area contributed by atoms with Gasteiger partial charge in [0.15, 0.2) is 5.11 Å². The van der Waals surface area contributed by atoms with Crippen LogP contribution >= 0.6 is 12.2 Å². The number of hydrogen-bond acceptors (Lipinski definition) is 3. The summed E-state index contributed by atoms with van der Waals surface area (Å²) < 4.78 is 7.63. The fraction of sp³-hybridized carbons (Fsp3) is 0.238. The zero-order chi connectivity index (χ0) is 19.0. The second-order valence-electron chi connectivity index (χ2n) is 6.66. The van der Waals surface area contributed by atoms with Crippen molar-refractivity contribution in [2.45, 2.75) is 19.0 Å². The number of anilines is 1. The molecule has 3 aromatic rings. The summed E-state index contributed by atoms with van der Waals surface area (Å²) in [6.45, 7) is 2.11. The predicted octanol–water partition coefficient (Wildman–Crippen LogP) is 3.91. The van der Waals surface area contributed by atoms with Gasteiger partial charge in [-0.25, -0.2) is 0 Å². The molecule has 5 nitrogen and oxygen atoms in total. The maximum Gasteiger partial charge on any atom is 0.174 e. The maximum atomic E-state index is 5.74. The topological polar surface area (TPSA) is 42.3 Å². The molecular formula is C21H22N4OS. The van der Waals surface area contributed by atoms with Crippen molar-refractivity contribution >= 4 is 23.0 Å². The Labute approximate surface area is 164 Å². The van der Waals surface area contributed by atoms with Gasteiger partial charge < -0.3 is 19.5 Å². The summed E-state index contributed by atoms with van der Waals surface area (Å²) in [5.41, 5.74) is 4.34. The highest BCUT2D eigenvalue weighted by Crippen LogP contribution is 2.42. The zero-order valence-electron chi connectivity index (χ0n) is 15.6. The van der Waals surface area contributed by atoms with Crippen molar-refractivity contribution in [2.75, 3.05) is 12.0 Å². The van der Waals surface area contributed by atoms with E-state index in [-0.39, 0.29) is 12.1 Å². The Hall–Kier alpha value is -2.86. The summed E-state index contributed by atoms with van der Waals surface area (Å²) in [6, 6.07) is 18.2. The highest BCUT2D eigenvalue weighted by Gasteiger charge is 2.42. The normalized spacial score (nSPS) is 19.2. The van der Waals surface area contributed by atoms with Crippen LogP contribution in [0.2, 0.25) is 0 Å². The van der Waals surface area contributed by atoms with Crippen LogP contribution in [0.5, 0.6) is 5.75 Å². The average molecular weight is 379 g/mol. The highest BCUT2D eigenvalue weighted by atomic mass is 32.1. The Morgan fingerprint density at radius 3 is 2.63 bits per heavy atom. The van der Waals surface area contributed by atoms with Gasteiger partial charge in [-0.2, -0.15) is 0 Å². The molecule has 4 rings (SSSR count). The summed E-state index contributed by atoms with van der Waals surface area (Å²) in [5, 5.41) is 4.17. The Kier molecular flexibility index (Phi) is 4.58. The van der Waals surface area contributed by atoms with Gasteiger partial charge in [0.2, 0.25) is 0 Å². The molecule has 0 bridgehead atoms. The third-order valence-corrected chi connectivity index (χ3v) is 5.46. The van der Waals surface area contributed by atoms with Crippen LogP contribution in [0.25, 0.3) is 0 Å². The van der Waals surface area contributed by atoms with Crippen molar-refractivity contribution in [3.63, 3.8) is 0 Å². The number of benzene rings is 1. The Balaban J connectivity index is 1.85. The number of aryl methyl sites for hydroxylation is 1. The highest BCUT2D eigenvalue weighted by molar-refractivity contribution is 7.80. The number of ether oxygens (including phenoxy) is 1. The van der Waals surface area contributed by atoms with Gasteiger partial charge in [0, 0.05) is 36.4 Å². The molecule has 2 atom stereocenters. The summed E-state index contributed by atoms with van der Waals surface area (Å²) in [6.07, 6.45) is 1.82. The lowest BCUT2D eigenvalue weighted by Gasteiger charge is -2.28. The molecule has 1 aromatic carbocycles. The average Bonchev–Trinajstić information content (AvgIpc) is 3.21. The van der Waals surface area contributed by atoms with E-state index in [4.69, 9.17) is 17.0 Å². The molecule has 0 saturated carbocycles. The Morgan fingerprint density at radius 1 is 1.11 bits per heavy atom. The number of rotatable bonds is 4. The van der Waals surface area contributed by atoms with Crippen LogP contribution in [0.4, 0.5) is 5.69 Å². The molecule has 138 valence electrons. The molecule has 2 aromatic heterocycles. The van der Waals surface area contributed by atoms with Crippen molar-refractivity contribution < 1.29 is 4.74 Å². The first kappa shape index (κ1) is 17.5.